The highest BCUT2D eigenvalue weighted by molar-refractivity contribution is 9.10. The first-order valence-electron chi connectivity index (χ1n) is 5.16. The topological polar surface area (TPSA) is 102 Å². The Morgan fingerprint density at radius 3 is 3.06 bits per heavy atom. The van der Waals surface area contributed by atoms with Crippen molar-refractivity contribution in [2.45, 2.75) is 6.10 Å². The molecule has 0 aliphatic rings. The van der Waals surface area contributed by atoms with Crippen molar-refractivity contribution in [2.24, 2.45) is 0 Å². The fourth-order valence-corrected chi connectivity index (χ4v) is 1.99. The van der Waals surface area contributed by atoms with Gasteiger partial charge < -0.3 is 19.9 Å². The zero-order valence-electron chi connectivity index (χ0n) is 9.22. The van der Waals surface area contributed by atoms with E-state index in [1.165, 1.54) is 6.20 Å². The predicted octanol–water partition coefficient (Wildman–Crippen LogP) is 1.23. The standard InChI is InChI=1S/C11H10BrN3O3/c12-10-8-1-7(2-13)18-9(8)4-15-11(10)14-3-6(17)5-16/h1,4,6,16-17H,3,5H2,(H,14,15)/t6-/m0/s1. The lowest BCUT2D eigenvalue weighted by Gasteiger charge is -2.10. The molecule has 0 aliphatic heterocycles. The fraction of sp³-hybridized carbons (Fsp3) is 0.273. The number of hydrogen-bond donors (Lipinski definition) is 3. The van der Waals surface area contributed by atoms with E-state index in [1.807, 2.05) is 6.07 Å². The van der Waals surface area contributed by atoms with Gasteiger partial charge in [-0.3, -0.25) is 0 Å². The molecule has 7 heteroatoms. The minimum atomic E-state index is -0.853. The molecule has 18 heavy (non-hydrogen) atoms. The van der Waals surface area contributed by atoms with Crippen LogP contribution in [0.25, 0.3) is 11.0 Å². The first-order valence-corrected chi connectivity index (χ1v) is 5.96. The number of anilines is 1. The molecule has 0 unspecified atom stereocenters. The lowest BCUT2D eigenvalue weighted by molar-refractivity contribution is 0.105. The number of hydrogen-bond acceptors (Lipinski definition) is 6. The van der Waals surface area contributed by atoms with E-state index in [1.54, 1.807) is 6.07 Å². The van der Waals surface area contributed by atoms with Crippen molar-refractivity contribution in [2.75, 3.05) is 18.5 Å². The van der Waals surface area contributed by atoms with Crippen molar-refractivity contribution in [1.82, 2.24) is 4.98 Å². The van der Waals surface area contributed by atoms with Gasteiger partial charge in [0.1, 0.15) is 11.9 Å². The zero-order chi connectivity index (χ0) is 13.1. The minimum Gasteiger partial charge on any atom is -0.444 e. The van der Waals surface area contributed by atoms with Gasteiger partial charge in [-0.05, 0) is 15.9 Å². The molecule has 2 heterocycles. The second-order valence-corrected chi connectivity index (χ2v) is 4.43. The third-order valence-corrected chi connectivity index (χ3v) is 3.14. The maximum Gasteiger partial charge on any atom is 0.204 e. The lowest BCUT2D eigenvalue weighted by atomic mass is 10.3. The Balaban J connectivity index is 2.30. The first kappa shape index (κ1) is 12.8. The fourth-order valence-electron chi connectivity index (χ4n) is 1.44. The van der Waals surface area contributed by atoms with Crippen LogP contribution in [0.15, 0.2) is 21.2 Å². The predicted molar refractivity (Wildman–Crippen MR) is 68.0 cm³/mol. The van der Waals surface area contributed by atoms with Gasteiger partial charge >= 0.3 is 0 Å². The van der Waals surface area contributed by atoms with E-state index in [2.05, 4.69) is 26.2 Å². The smallest absolute Gasteiger partial charge is 0.204 e. The van der Waals surface area contributed by atoms with Gasteiger partial charge in [-0.15, -0.1) is 0 Å². The first-order chi connectivity index (χ1) is 8.65. The largest absolute Gasteiger partial charge is 0.444 e. The van der Waals surface area contributed by atoms with Gasteiger partial charge in [0.25, 0.3) is 0 Å². The molecule has 0 aliphatic carbocycles. The number of pyridine rings is 1. The summed E-state index contributed by atoms with van der Waals surface area (Å²) in [7, 11) is 0. The van der Waals surface area contributed by atoms with Crippen LogP contribution in [0.4, 0.5) is 5.82 Å². The van der Waals surface area contributed by atoms with Crippen LogP contribution in [0, 0.1) is 11.3 Å². The molecule has 2 aromatic rings. The van der Waals surface area contributed by atoms with Crippen LogP contribution in [-0.4, -0.2) is 34.5 Å². The molecule has 6 nitrogen and oxygen atoms in total. The number of aromatic nitrogens is 1. The van der Waals surface area contributed by atoms with E-state index < -0.39 is 6.10 Å². The number of aliphatic hydroxyl groups excluding tert-OH is 2. The summed E-state index contributed by atoms with van der Waals surface area (Å²) in [5.74, 6) is 0.723. The highest BCUT2D eigenvalue weighted by Gasteiger charge is 2.12. The lowest BCUT2D eigenvalue weighted by Crippen LogP contribution is -2.23. The van der Waals surface area contributed by atoms with Crippen molar-refractivity contribution in [3.05, 3.63) is 22.5 Å². The van der Waals surface area contributed by atoms with Gasteiger partial charge in [0.2, 0.25) is 5.76 Å². The van der Waals surface area contributed by atoms with Crippen molar-refractivity contribution < 1.29 is 14.6 Å². The summed E-state index contributed by atoms with van der Waals surface area (Å²) in [6, 6.07) is 3.52. The normalized spacial score (nSPS) is 12.3. The summed E-state index contributed by atoms with van der Waals surface area (Å²) in [6.07, 6.45) is 0.641. The second-order valence-electron chi connectivity index (χ2n) is 3.64. The van der Waals surface area contributed by atoms with Crippen LogP contribution in [-0.2, 0) is 0 Å². The van der Waals surface area contributed by atoms with E-state index >= 15 is 0 Å². The molecule has 0 radical (unpaired) electrons. The molecular weight excluding hydrogens is 302 g/mol. The molecule has 0 saturated heterocycles. The molecule has 94 valence electrons. The molecule has 3 N–H and O–H groups in total. The number of halogens is 1. The maximum absolute atomic E-state index is 9.25. The van der Waals surface area contributed by atoms with Crippen molar-refractivity contribution in [3.8, 4) is 6.07 Å². The average Bonchev–Trinajstić information content (AvgIpc) is 2.81. The van der Waals surface area contributed by atoms with Gasteiger partial charge in [-0.25, -0.2) is 4.98 Å². The van der Waals surface area contributed by atoms with E-state index in [-0.39, 0.29) is 18.9 Å². The Morgan fingerprint density at radius 2 is 2.39 bits per heavy atom. The van der Waals surface area contributed by atoms with Gasteiger partial charge in [-0.1, -0.05) is 0 Å². The third kappa shape index (κ3) is 2.46. The molecule has 0 fully saturated rings. The monoisotopic (exact) mass is 311 g/mol. The Bertz CT molecular complexity index is 605. The molecule has 0 saturated carbocycles. The average molecular weight is 312 g/mol. The summed E-state index contributed by atoms with van der Waals surface area (Å²) in [4.78, 5) is 4.11. The number of nitriles is 1. The molecule has 0 bridgehead atoms. The van der Waals surface area contributed by atoms with Gasteiger partial charge in [-0.2, -0.15) is 5.26 Å². The zero-order valence-corrected chi connectivity index (χ0v) is 10.8. The molecule has 0 amide bonds. The quantitative estimate of drug-likeness (QED) is 0.785. The van der Waals surface area contributed by atoms with E-state index in [4.69, 9.17) is 14.8 Å². The Labute approximate surface area is 111 Å². The minimum absolute atomic E-state index is 0.177. The highest BCUT2D eigenvalue weighted by atomic mass is 79.9. The Kier molecular flexibility index (Phi) is 3.81. The van der Waals surface area contributed by atoms with Gasteiger partial charge in [0.15, 0.2) is 5.58 Å². The SMILES string of the molecule is N#Cc1cc2c(Br)c(NC[C@H](O)CO)ncc2o1. The number of aliphatic hydroxyl groups is 2. The summed E-state index contributed by atoms with van der Waals surface area (Å²) in [5.41, 5.74) is 0.506. The van der Waals surface area contributed by atoms with E-state index in [0.29, 0.717) is 15.9 Å². The molecule has 2 aromatic heterocycles. The van der Waals surface area contributed by atoms with Crippen LogP contribution in [0.2, 0.25) is 0 Å². The van der Waals surface area contributed by atoms with Crippen LogP contribution in [0.3, 0.4) is 0 Å². The number of rotatable bonds is 4. The van der Waals surface area contributed by atoms with Crippen LogP contribution in [0.5, 0.6) is 0 Å². The number of furan rings is 1. The number of nitrogens with one attached hydrogen (secondary N) is 1. The second kappa shape index (κ2) is 5.35. The van der Waals surface area contributed by atoms with E-state index in [9.17, 15) is 5.11 Å². The number of nitrogens with zero attached hydrogens (tertiary/aromatic N) is 2. The third-order valence-electron chi connectivity index (χ3n) is 2.34. The molecule has 0 aromatic carbocycles. The molecule has 1 atom stereocenters. The van der Waals surface area contributed by atoms with Crippen LogP contribution >= 0.6 is 15.9 Å². The molecule has 2 rings (SSSR count). The Hall–Kier alpha value is -1.62. The Morgan fingerprint density at radius 1 is 1.61 bits per heavy atom. The van der Waals surface area contributed by atoms with Crippen LogP contribution < -0.4 is 5.32 Å². The van der Waals surface area contributed by atoms with Crippen molar-refractivity contribution in [3.63, 3.8) is 0 Å². The maximum atomic E-state index is 9.25. The van der Waals surface area contributed by atoms with Crippen molar-refractivity contribution in [1.29, 1.82) is 5.26 Å². The molecule has 0 spiro atoms. The van der Waals surface area contributed by atoms with Gasteiger partial charge in [0.05, 0.1) is 23.4 Å². The summed E-state index contributed by atoms with van der Waals surface area (Å²) < 4.78 is 5.88. The molecular formula is C11H10BrN3O3. The summed E-state index contributed by atoms with van der Waals surface area (Å²) >= 11 is 3.36. The van der Waals surface area contributed by atoms with Crippen LogP contribution in [0.1, 0.15) is 5.76 Å². The van der Waals surface area contributed by atoms with Gasteiger partial charge in [0, 0.05) is 18.0 Å². The number of fused-ring (bicyclic) bond motifs is 1. The summed E-state index contributed by atoms with van der Waals surface area (Å²) in [6.45, 7) is -0.145. The highest BCUT2D eigenvalue weighted by Crippen LogP contribution is 2.31. The summed E-state index contributed by atoms with van der Waals surface area (Å²) in [5, 5.41) is 30.3. The van der Waals surface area contributed by atoms with Crippen molar-refractivity contribution >= 4 is 32.7 Å². The van der Waals surface area contributed by atoms with E-state index in [0.717, 1.165) is 5.39 Å².